The Morgan fingerprint density at radius 1 is 1.15 bits per heavy atom. The van der Waals surface area contributed by atoms with E-state index in [1.165, 1.54) is 49.5 Å². The molecule has 0 fully saturated rings. The van der Waals surface area contributed by atoms with E-state index in [1.54, 1.807) is 0 Å². The molecule has 1 amide bonds. The third-order valence-corrected chi connectivity index (χ3v) is 6.54. The number of para-hydroxylation sites is 1. The normalized spacial score (nSPS) is 11.9. The van der Waals surface area contributed by atoms with Crippen molar-refractivity contribution in [2.24, 2.45) is 0 Å². The molecule has 3 rings (SSSR count). The van der Waals surface area contributed by atoms with Gasteiger partial charge in [0.15, 0.2) is 14.9 Å². The summed E-state index contributed by atoms with van der Waals surface area (Å²) in [5, 5.41) is 6.22. The van der Waals surface area contributed by atoms with Crippen molar-refractivity contribution < 1.29 is 31.1 Å². The van der Waals surface area contributed by atoms with E-state index in [9.17, 15) is 26.4 Å². The molecule has 13 heteroatoms. The highest BCUT2D eigenvalue weighted by atomic mass is 35.5. The van der Waals surface area contributed by atoms with Gasteiger partial charge in [-0.1, -0.05) is 48.3 Å². The Balaban J connectivity index is 1.81. The van der Waals surface area contributed by atoms with Crippen molar-refractivity contribution >= 4 is 44.6 Å². The van der Waals surface area contributed by atoms with E-state index in [4.69, 9.17) is 23.2 Å². The van der Waals surface area contributed by atoms with Gasteiger partial charge in [-0.05, 0) is 24.3 Å². The van der Waals surface area contributed by atoms with Gasteiger partial charge in [0.05, 0.1) is 15.8 Å². The number of hydrogen-bond acceptors (Lipinski definition) is 5. The lowest BCUT2D eigenvalue weighted by Crippen LogP contribution is -2.19. The van der Waals surface area contributed by atoms with E-state index < -0.39 is 27.9 Å². The fourth-order valence-corrected chi connectivity index (χ4v) is 4.37. The third-order valence-electron chi connectivity index (χ3n) is 4.33. The van der Waals surface area contributed by atoms with Crippen LogP contribution >= 0.6 is 23.2 Å². The first-order chi connectivity index (χ1) is 15.4. The number of rotatable bonds is 7. The number of carbonyl (C=O) groups excluding carboxylic acids is 1. The number of halogens is 5. The van der Waals surface area contributed by atoms with Crippen LogP contribution in [-0.2, 0) is 21.2 Å². The molecule has 33 heavy (non-hydrogen) atoms. The molecule has 176 valence electrons. The summed E-state index contributed by atoms with van der Waals surface area (Å²) < 4.78 is 67.1. The smallest absolute Gasteiger partial charge is 0.405 e. The number of hydrogen-bond donors (Lipinski definition) is 1. The number of nitrogens with zero attached hydrogens (tertiary/aromatic N) is 2. The van der Waals surface area contributed by atoms with E-state index in [0.29, 0.717) is 0 Å². The highest BCUT2D eigenvalue weighted by Crippen LogP contribution is 2.42. The fourth-order valence-electron chi connectivity index (χ4n) is 2.88. The summed E-state index contributed by atoms with van der Waals surface area (Å²) in [6, 6.07) is 9.29. The minimum atomic E-state index is -4.91. The van der Waals surface area contributed by atoms with Gasteiger partial charge in [0.2, 0.25) is 5.91 Å². The van der Waals surface area contributed by atoms with Crippen molar-refractivity contribution in [3.63, 3.8) is 0 Å². The molecular weight excluding hydrogens is 506 g/mol. The number of alkyl halides is 3. The molecule has 0 spiro atoms. The molecule has 0 saturated carbocycles. The van der Waals surface area contributed by atoms with E-state index in [1.807, 2.05) is 0 Å². The van der Waals surface area contributed by atoms with Crippen LogP contribution < -0.4 is 10.1 Å². The van der Waals surface area contributed by atoms with Crippen LogP contribution in [0.25, 0.3) is 11.1 Å². The predicted molar refractivity (Wildman–Crippen MR) is 117 cm³/mol. The SMILES string of the molecule is CCS(=O)(=O)c1ccn(CC(=O)Nc2cc(Cl)c(-c3ccccc3OC(F)(F)F)c(Cl)c2)n1. The summed E-state index contributed by atoms with van der Waals surface area (Å²) in [6.07, 6.45) is -3.56. The molecule has 0 bridgehead atoms. The lowest BCUT2D eigenvalue weighted by atomic mass is 10.0. The quantitative estimate of drug-likeness (QED) is 0.462. The number of carbonyl (C=O) groups is 1. The van der Waals surface area contributed by atoms with Gasteiger partial charge in [-0.15, -0.1) is 13.2 Å². The molecule has 0 aliphatic carbocycles. The van der Waals surface area contributed by atoms with Crippen LogP contribution in [0.15, 0.2) is 53.7 Å². The van der Waals surface area contributed by atoms with Gasteiger partial charge in [0, 0.05) is 23.0 Å². The van der Waals surface area contributed by atoms with E-state index in [-0.39, 0.29) is 44.2 Å². The van der Waals surface area contributed by atoms with E-state index >= 15 is 0 Å². The number of amides is 1. The summed E-state index contributed by atoms with van der Waals surface area (Å²) in [5.74, 6) is -1.17. The molecule has 0 atom stereocenters. The van der Waals surface area contributed by atoms with Crippen molar-refractivity contribution in [2.75, 3.05) is 11.1 Å². The Labute approximate surface area is 197 Å². The highest BCUT2D eigenvalue weighted by molar-refractivity contribution is 7.91. The van der Waals surface area contributed by atoms with Gasteiger partial charge >= 0.3 is 6.36 Å². The Kier molecular flexibility index (Phi) is 7.25. The molecule has 0 aliphatic heterocycles. The average molecular weight is 522 g/mol. The largest absolute Gasteiger partial charge is 0.573 e. The first-order valence-corrected chi connectivity index (χ1v) is 11.7. The minimum Gasteiger partial charge on any atom is -0.405 e. The highest BCUT2D eigenvalue weighted by Gasteiger charge is 2.32. The second kappa shape index (κ2) is 9.62. The number of aromatic nitrogens is 2. The zero-order valence-electron chi connectivity index (χ0n) is 16.9. The van der Waals surface area contributed by atoms with Crippen molar-refractivity contribution in [3.8, 4) is 16.9 Å². The fraction of sp³-hybridized carbons (Fsp3) is 0.200. The molecule has 0 saturated heterocycles. The van der Waals surface area contributed by atoms with Gasteiger partial charge in [-0.25, -0.2) is 8.42 Å². The van der Waals surface area contributed by atoms with Gasteiger partial charge in [-0.3, -0.25) is 9.48 Å². The predicted octanol–water partition coefficient (Wildman–Crippen LogP) is 5.19. The summed E-state index contributed by atoms with van der Waals surface area (Å²) in [7, 11) is -3.51. The molecular formula is C20H16Cl2F3N3O4S. The van der Waals surface area contributed by atoms with Crippen molar-refractivity contribution in [1.82, 2.24) is 9.78 Å². The molecule has 7 nitrogen and oxygen atoms in total. The Morgan fingerprint density at radius 3 is 2.39 bits per heavy atom. The zero-order valence-corrected chi connectivity index (χ0v) is 19.2. The van der Waals surface area contributed by atoms with Crippen LogP contribution in [0, 0.1) is 0 Å². The van der Waals surface area contributed by atoms with Crippen LogP contribution in [-0.4, -0.2) is 36.2 Å². The summed E-state index contributed by atoms with van der Waals surface area (Å²) in [5.41, 5.74) is 0.295. The number of benzene rings is 2. The summed E-state index contributed by atoms with van der Waals surface area (Å²) in [4.78, 5) is 12.3. The Bertz CT molecular complexity index is 1270. The van der Waals surface area contributed by atoms with Crippen molar-refractivity contribution in [1.29, 1.82) is 0 Å². The molecule has 2 aromatic carbocycles. The standard InChI is InChI=1S/C20H16Cl2F3N3O4S/c1-2-33(30,31)18-7-8-28(27-18)11-17(29)26-12-9-14(21)19(15(22)10-12)13-5-3-4-6-16(13)32-20(23,24)25/h3-10H,2,11H2,1H3,(H,26,29). The topological polar surface area (TPSA) is 90.3 Å². The van der Waals surface area contributed by atoms with E-state index in [0.717, 1.165) is 10.7 Å². The van der Waals surface area contributed by atoms with Crippen molar-refractivity contribution in [2.45, 2.75) is 24.9 Å². The maximum atomic E-state index is 12.7. The van der Waals surface area contributed by atoms with Crippen LogP contribution in [0.4, 0.5) is 18.9 Å². The van der Waals surface area contributed by atoms with E-state index in [2.05, 4.69) is 15.2 Å². The van der Waals surface area contributed by atoms with Gasteiger partial charge < -0.3 is 10.1 Å². The Hall–Kier alpha value is -2.76. The van der Waals surface area contributed by atoms with Crippen LogP contribution in [0.1, 0.15) is 6.92 Å². The molecule has 3 aromatic rings. The average Bonchev–Trinajstić information content (AvgIpc) is 3.17. The molecule has 1 N–H and O–H groups in total. The van der Waals surface area contributed by atoms with Gasteiger partial charge in [0.1, 0.15) is 12.3 Å². The number of anilines is 1. The molecule has 1 heterocycles. The Morgan fingerprint density at radius 2 is 1.79 bits per heavy atom. The van der Waals surface area contributed by atoms with Gasteiger partial charge in [-0.2, -0.15) is 5.10 Å². The second-order valence-corrected chi connectivity index (χ2v) is 9.70. The minimum absolute atomic E-state index is 0.0175. The maximum Gasteiger partial charge on any atom is 0.573 e. The lowest BCUT2D eigenvalue weighted by Gasteiger charge is -2.16. The van der Waals surface area contributed by atoms with Gasteiger partial charge in [0.25, 0.3) is 0 Å². The summed E-state index contributed by atoms with van der Waals surface area (Å²) in [6.45, 7) is 1.18. The molecule has 0 unspecified atom stereocenters. The first-order valence-electron chi connectivity index (χ1n) is 9.30. The maximum absolute atomic E-state index is 12.7. The molecule has 0 radical (unpaired) electrons. The number of sulfone groups is 1. The van der Waals surface area contributed by atoms with Crippen LogP contribution in [0.3, 0.4) is 0 Å². The number of nitrogens with one attached hydrogen (secondary N) is 1. The monoisotopic (exact) mass is 521 g/mol. The first kappa shape index (κ1) is 24.9. The molecule has 1 aromatic heterocycles. The van der Waals surface area contributed by atoms with Crippen molar-refractivity contribution in [3.05, 3.63) is 58.7 Å². The summed E-state index contributed by atoms with van der Waals surface area (Å²) >= 11 is 12.5. The number of ether oxygens (including phenoxy) is 1. The molecule has 0 aliphatic rings. The second-order valence-electron chi connectivity index (χ2n) is 6.66. The van der Waals surface area contributed by atoms with Crippen LogP contribution in [0.5, 0.6) is 5.75 Å². The lowest BCUT2D eigenvalue weighted by molar-refractivity contribution is -0.274. The third kappa shape index (κ3) is 6.18. The van der Waals surface area contributed by atoms with Crippen LogP contribution in [0.2, 0.25) is 10.0 Å². The zero-order chi connectivity index (χ0) is 24.4.